The van der Waals surface area contributed by atoms with Crippen LogP contribution in [0.2, 0.25) is 0 Å². The second-order valence-electron chi connectivity index (χ2n) is 5.86. The topological polar surface area (TPSA) is 123 Å². The van der Waals surface area contributed by atoms with Crippen molar-refractivity contribution in [1.82, 2.24) is 4.98 Å². The van der Waals surface area contributed by atoms with Crippen LogP contribution in [0.1, 0.15) is 21.5 Å². The summed E-state index contributed by atoms with van der Waals surface area (Å²) < 4.78 is 11.2. The maximum atomic E-state index is 12.6. The first-order valence-corrected chi connectivity index (χ1v) is 9.24. The number of hydrogen-bond acceptors (Lipinski definition) is 4. The van der Waals surface area contributed by atoms with Crippen molar-refractivity contribution >= 4 is 35.7 Å². The normalized spacial score (nSPS) is 14.0. The van der Waals surface area contributed by atoms with Crippen LogP contribution in [0.15, 0.2) is 47.5 Å². The molecule has 0 saturated heterocycles. The summed E-state index contributed by atoms with van der Waals surface area (Å²) in [6, 6.07) is 11.6. The SMILES string of the molecule is O=C1C(c2c(O)[nH]c3ccc(CP(=O)(O)O)cc23)=Nc2ccccc21. The molecule has 0 amide bonds. The maximum Gasteiger partial charge on any atom is 0.329 e. The van der Waals surface area contributed by atoms with Gasteiger partial charge in [0, 0.05) is 16.5 Å². The van der Waals surface area contributed by atoms with Crippen LogP contribution in [-0.4, -0.2) is 31.4 Å². The van der Waals surface area contributed by atoms with Gasteiger partial charge < -0.3 is 19.9 Å². The fourth-order valence-corrected chi connectivity index (χ4v) is 3.70. The lowest BCUT2D eigenvalue weighted by Gasteiger charge is -2.05. The van der Waals surface area contributed by atoms with E-state index >= 15 is 0 Å². The van der Waals surface area contributed by atoms with Gasteiger partial charge >= 0.3 is 7.60 Å². The van der Waals surface area contributed by atoms with E-state index in [-0.39, 0.29) is 22.9 Å². The molecule has 126 valence electrons. The van der Waals surface area contributed by atoms with Crippen LogP contribution in [0, 0.1) is 0 Å². The summed E-state index contributed by atoms with van der Waals surface area (Å²) in [7, 11) is -4.23. The molecule has 0 spiro atoms. The van der Waals surface area contributed by atoms with Crippen LogP contribution >= 0.6 is 7.60 Å². The summed E-state index contributed by atoms with van der Waals surface area (Å²) in [4.78, 5) is 38.0. The van der Waals surface area contributed by atoms with Gasteiger partial charge in [-0.05, 0) is 29.8 Å². The third kappa shape index (κ3) is 2.68. The van der Waals surface area contributed by atoms with Crippen molar-refractivity contribution in [3.63, 3.8) is 0 Å². The number of para-hydroxylation sites is 1. The highest BCUT2D eigenvalue weighted by atomic mass is 31.2. The molecule has 0 radical (unpaired) electrons. The van der Waals surface area contributed by atoms with Crippen LogP contribution in [0.5, 0.6) is 5.88 Å². The largest absolute Gasteiger partial charge is 0.494 e. The predicted octanol–water partition coefficient (Wildman–Crippen LogP) is 2.87. The number of benzene rings is 2. The predicted molar refractivity (Wildman–Crippen MR) is 92.7 cm³/mol. The Labute approximate surface area is 141 Å². The number of aromatic amines is 1. The summed E-state index contributed by atoms with van der Waals surface area (Å²) in [6.07, 6.45) is -0.422. The Morgan fingerprint density at radius 3 is 2.60 bits per heavy atom. The van der Waals surface area contributed by atoms with Gasteiger partial charge in [-0.3, -0.25) is 9.36 Å². The summed E-state index contributed by atoms with van der Waals surface area (Å²) >= 11 is 0. The molecule has 1 aliphatic heterocycles. The van der Waals surface area contributed by atoms with Gasteiger partial charge in [-0.1, -0.05) is 18.2 Å². The molecular weight excluding hydrogens is 343 g/mol. The van der Waals surface area contributed by atoms with E-state index in [2.05, 4.69) is 9.98 Å². The third-order valence-electron chi connectivity index (χ3n) is 4.06. The molecule has 4 rings (SSSR count). The molecule has 8 heteroatoms. The van der Waals surface area contributed by atoms with Gasteiger partial charge in [-0.15, -0.1) is 0 Å². The molecule has 7 nitrogen and oxygen atoms in total. The average Bonchev–Trinajstić information content (AvgIpc) is 3.02. The van der Waals surface area contributed by atoms with E-state index < -0.39 is 13.8 Å². The monoisotopic (exact) mass is 356 g/mol. The minimum atomic E-state index is -4.23. The van der Waals surface area contributed by atoms with E-state index in [1.807, 2.05) is 0 Å². The number of nitrogens with one attached hydrogen (secondary N) is 1. The summed E-state index contributed by atoms with van der Waals surface area (Å²) in [5.41, 5.74) is 2.29. The van der Waals surface area contributed by atoms with Gasteiger partial charge in [0.25, 0.3) is 0 Å². The van der Waals surface area contributed by atoms with E-state index in [1.165, 1.54) is 0 Å². The number of fused-ring (bicyclic) bond motifs is 2. The van der Waals surface area contributed by atoms with Gasteiger partial charge in [-0.2, -0.15) is 0 Å². The van der Waals surface area contributed by atoms with E-state index in [0.717, 1.165) is 0 Å². The number of carbonyl (C=O) groups excluding carboxylic acids is 1. The number of aliphatic imine (C=N–C) groups is 1. The van der Waals surface area contributed by atoms with E-state index in [4.69, 9.17) is 9.79 Å². The number of H-pyrrole nitrogens is 1. The molecule has 3 aromatic rings. The van der Waals surface area contributed by atoms with Gasteiger partial charge in [0.2, 0.25) is 5.78 Å². The molecule has 1 aliphatic rings. The fourth-order valence-electron chi connectivity index (χ4n) is 3.03. The Bertz CT molecular complexity index is 1110. The van der Waals surface area contributed by atoms with Gasteiger partial charge in [0.05, 0.1) is 17.4 Å². The van der Waals surface area contributed by atoms with Gasteiger partial charge in [-0.25, -0.2) is 4.99 Å². The quantitative estimate of drug-likeness (QED) is 0.537. The Hall–Kier alpha value is -2.73. The van der Waals surface area contributed by atoms with E-state index in [9.17, 15) is 14.5 Å². The number of aromatic nitrogens is 1. The maximum absolute atomic E-state index is 12.6. The Morgan fingerprint density at radius 1 is 1.12 bits per heavy atom. The fraction of sp³-hybridized carbons (Fsp3) is 0.0588. The highest BCUT2D eigenvalue weighted by Crippen LogP contribution is 2.41. The zero-order valence-corrected chi connectivity index (χ0v) is 13.7. The highest BCUT2D eigenvalue weighted by molar-refractivity contribution is 7.50. The van der Waals surface area contributed by atoms with Crippen LogP contribution in [-0.2, 0) is 10.7 Å². The van der Waals surface area contributed by atoms with Gasteiger partial charge in [0.1, 0.15) is 5.71 Å². The number of nitrogens with zero attached hydrogens (tertiary/aromatic N) is 1. The Balaban J connectivity index is 1.88. The smallest absolute Gasteiger partial charge is 0.329 e. The third-order valence-corrected chi connectivity index (χ3v) is 4.84. The lowest BCUT2D eigenvalue weighted by atomic mass is 10.0. The molecule has 0 atom stereocenters. The van der Waals surface area contributed by atoms with Crippen LogP contribution in [0.4, 0.5) is 5.69 Å². The zero-order valence-electron chi connectivity index (χ0n) is 12.8. The lowest BCUT2D eigenvalue weighted by Crippen LogP contribution is -2.10. The second-order valence-corrected chi connectivity index (χ2v) is 7.50. The zero-order chi connectivity index (χ0) is 17.8. The molecule has 4 N–H and O–H groups in total. The van der Waals surface area contributed by atoms with Crippen molar-refractivity contribution < 1.29 is 24.3 Å². The number of carbonyl (C=O) groups is 1. The molecule has 0 bridgehead atoms. The van der Waals surface area contributed by atoms with Crippen molar-refractivity contribution in [2.24, 2.45) is 4.99 Å². The number of ketones is 1. The summed E-state index contributed by atoms with van der Waals surface area (Å²) in [6.45, 7) is 0. The number of aromatic hydroxyl groups is 1. The molecule has 2 aromatic carbocycles. The van der Waals surface area contributed by atoms with Crippen molar-refractivity contribution in [1.29, 1.82) is 0 Å². The van der Waals surface area contributed by atoms with Crippen molar-refractivity contribution in [2.45, 2.75) is 6.16 Å². The molecular formula is C17H13N2O5P. The molecule has 0 unspecified atom stereocenters. The summed E-state index contributed by atoms with van der Waals surface area (Å²) in [5.74, 6) is -0.504. The highest BCUT2D eigenvalue weighted by Gasteiger charge is 2.30. The Morgan fingerprint density at radius 2 is 1.88 bits per heavy atom. The first-order valence-electron chi connectivity index (χ1n) is 7.44. The average molecular weight is 356 g/mol. The lowest BCUT2D eigenvalue weighted by molar-refractivity contribution is 0.107. The van der Waals surface area contributed by atoms with Crippen LogP contribution in [0.25, 0.3) is 10.9 Å². The second kappa shape index (κ2) is 5.39. The van der Waals surface area contributed by atoms with Crippen LogP contribution < -0.4 is 0 Å². The molecule has 2 heterocycles. The van der Waals surface area contributed by atoms with Gasteiger partial charge in [0.15, 0.2) is 5.88 Å². The molecule has 0 aliphatic carbocycles. The van der Waals surface area contributed by atoms with Crippen molar-refractivity contribution in [2.75, 3.05) is 0 Å². The molecule has 0 saturated carbocycles. The number of Topliss-reactive ketones (excluding diaryl/α,β-unsaturated/α-hetero) is 1. The minimum Gasteiger partial charge on any atom is -0.494 e. The van der Waals surface area contributed by atoms with E-state index in [0.29, 0.717) is 27.7 Å². The van der Waals surface area contributed by atoms with Crippen LogP contribution in [0.3, 0.4) is 0 Å². The van der Waals surface area contributed by atoms with Crippen molar-refractivity contribution in [3.8, 4) is 5.88 Å². The standard InChI is InChI=1S/C17H13N2O5P/c20-16-10-3-1-2-4-12(10)18-15(16)14-11-7-9(8-25(22,23)24)5-6-13(11)19-17(14)21/h1-7,19,21H,8H2,(H2,22,23,24). The number of rotatable bonds is 3. The molecule has 25 heavy (non-hydrogen) atoms. The van der Waals surface area contributed by atoms with E-state index in [1.54, 1.807) is 42.5 Å². The number of hydrogen-bond donors (Lipinski definition) is 4. The first kappa shape index (κ1) is 15.8. The molecule has 0 fully saturated rings. The summed E-state index contributed by atoms with van der Waals surface area (Å²) in [5, 5.41) is 10.8. The Kier molecular flexibility index (Phi) is 3.40. The van der Waals surface area contributed by atoms with Crippen molar-refractivity contribution in [3.05, 3.63) is 59.2 Å². The first-order chi connectivity index (χ1) is 11.8. The molecule has 1 aromatic heterocycles. The minimum absolute atomic E-state index is 0.110.